The van der Waals surface area contributed by atoms with Gasteiger partial charge in [-0.05, 0) is 54.4 Å². The highest BCUT2D eigenvalue weighted by atomic mass is 16.5. The van der Waals surface area contributed by atoms with Crippen LogP contribution in [0.4, 0.5) is 4.79 Å². The normalized spacial score (nSPS) is 22.9. The van der Waals surface area contributed by atoms with Gasteiger partial charge in [-0.1, -0.05) is 48.5 Å². The maximum Gasteiger partial charge on any atom is 0.407 e. The molecule has 2 amide bonds. The number of ether oxygens (including phenoxy) is 1. The molecule has 5 rings (SSSR count). The number of hydrogen-bond donors (Lipinski definition) is 2. The highest BCUT2D eigenvalue weighted by molar-refractivity contribution is 5.84. The molecule has 1 heterocycles. The number of carbonyl (C=O) groups excluding carboxylic acids is 2. The van der Waals surface area contributed by atoms with Crippen LogP contribution in [-0.2, 0) is 14.3 Å². The van der Waals surface area contributed by atoms with Gasteiger partial charge in [-0.25, -0.2) is 4.79 Å². The predicted octanol–water partition coefficient (Wildman–Crippen LogP) is 3.73. The van der Waals surface area contributed by atoms with Gasteiger partial charge in [-0.15, -0.1) is 0 Å². The van der Waals surface area contributed by atoms with Crippen molar-refractivity contribution < 1.29 is 24.2 Å². The van der Waals surface area contributed by atoms with E-state index >= 15 is 0 Å². The Labute approximate surface area is 199 Å². The van der Waals surface area contributed by atoms with Crippen molar-refractivity contribution in [2.45, 2.75) is 26.2 Å². The van der Waals surface area contributed by atoms with Crippen molar-refractivity contribution in [1.82, 2.24) is 10.2 Å². The van der Waals surface area contributed by atoms with Gasteiger partial charge in [0.2, 0.25) is 5.91 Å². The van der Waals surface area contributed by atoms with Crippen LogP contribution in [0.15, 0.2) is 48.5 Å². The number of amides is 2. The lowest BCUT2D eigenvalue weighted by atomic mass is 9.90. The van der Waals surface area contributed by atoms with E-state index in [1.807, 2.05) is 24.3 Å². The lowest BCUT2D eigenvalue weighted by Gasteiger charge is -2.34. The second-order valence-electron chi connectivity index (χ2n) is 10.3. The second kappa shape index (κ2) is 8.46. The Bertz CT molecular complexity index is 1100. The van der Waals surface area contributed by atoms with Crippen LogP contribution in [0.5, 0.6) is 0 Å². The molecule has 2 aromatic carbocycles. The second-order valence-corrected chi connectivity index (χ2v) is 10.3. The summed E-state index contributed by atoms with van der Waals surface area (Å²) in [5, 5.41) is 12.0. The highest BCUT2D eigenvalue weighted by Crippen LogP contribution is 2.52. The molecule has 1 saturated heterocycles. The minimum Gasteiger partial charge on any atom is -0.481 e. The third-order valence-electron chi connectivity index (χ3n) is 7.66. The van der Waals surface area contributed by atoms with Crippen molar-refractivity contribution in [2.24, 2.45) is 23.2 Å². The zero-order chi connectivity index (χ0) is 24.0. The Morgan fingerprint density at radius 2 is 1.65 bits per heavy atom. The van der Waals surface area contributed by atoms with Crippen molar-refractivity contribution >= 4 is 18.0 Å². The molecular weight excluding hydrogens is 432 g/mol. The molecule has 2 fully saturated rings. The molecule has 1 aliphatic heterocycles. The fraction of sp³-hybridized carbons (Fsp3) is 0.444. The maximum atomic E-state index is 13.1. The van der Waals surface area contributed by atoms with E-state index in [2.05, 4.69) is 29.6 Å². The standard InChI is InChI=1S/C27H30N2O5/c1-27(2,25(32)29-12-11-20-21(13-29)23(20)24(30)31)15-28-26(33)34-14-22-18-9-5-3-7-16(18)17-8-4-6-10-19(17)22/h3-10,20-23H,11-15H2,1-2H3,(H,28,33)(H,30,31). The molecule has 7 heteroatoms. The average Bonchev–Trinajstić information content (AvgIpc) is 3.48. The van der Waals surface area contributed by atoms with Crippen molar-refractivity contribution in [1.29, 1.82) is 0 Å². The van der Waals surface area contributed by atoms with E-state index < -0.39 is 17.5 Å². The Balaban J connectivity index is 1.15. The van der Waals surface area contributed by atoms with Crippen LogP contribution in [0.25, 0.3) is 11.1 Å². The monoisotopic (exact) mass is 462 g/mol. The molecule has 178 valence electrons. The quantitative estimate of drug-likeness (QED) is 0.682. The minimum atomic E-state index is -0.813. The lowest BCUT2D eigenvalue weighted by molar-refractivity contribution is -0.142. The van der Waals surface area contributed by atoms with Gasteiger partial charge in [0.15, 0.2) is 0 Å². The topological polar surface area (TPSA) is 95.9 Å². The van der Waals surface area contributed by atoms with E-state index in [1.165, 1.54) is 11.1 Å². The fourth-order valence-electron chi connectivity index (χ4n) is 5.74. The third-order valence-corrected chi connectivity index (χ3v) is 7.66. The van der Waals surface area contributed by atoms with Crippen LogP contribution in [0.2, 0.25) is 0 Å². The van der Waals surface area contributed by atoms with Gasteiger partial charge in [0.05, 0.1) is 11.3 Å². The number of fused-ring (bicyclic) bond motifs is 4. The van der Waals surface area contributed by atoms with Crippen LogP contribution in [0.1, 0.15) is 37.3 Å². The summed E-state index contributed by atoms with van der Waals surface area (Å²) in [5.41, 5.74) is 3.82. The minimum absolute atomic E-state index is 0.0187. The fourth-order valence-corrected chi connectivity index (χ4v) is 5.74. The molecule has 1 saturated carbocycles. The largest absolute Gasteiger partial charge is 0.481 e. The summed E-state index contributed by atoms with van der Waals surface area (Å²) in [4.78, 5) is 38.7. The van der Waals surface area contributed by atoms with Crippen LogP contribution in [0, 0.1) is 23.2 Å². The van der Waals surface area contributed by atoms with E-state index in [4.69, 9.17) is 4.74 Å². The summed E-state index contributed by atoms with van der Waals surface area (Å²) < 4.78 is 5.58. The number of hydrogen-bond acceptors (Lipinski definition) is 4. The number of rotatable bonds is 6. The van der Waals surface area contributed by atoms with Crippen molar-refractivity contribution in [3.63, 3.8) is 0 Å². The summed E-state index contributed by atoms with van der Waals surface area (Å²) in [6.45, 7) is 5.02. The average molecular weight is 463 g/mol. The van der Waals surface area contributed by atoms with E-state index in [9.17, 15) is 19.5 Å². The van der Waals surface area contributed by atoms with Gasteiger partial charge in [-0.3, -0.25) is 9.59 Å². The van der Waals surface area contributed by atoms with Crippen LogP contribution < -0.4 is 5.32 Å². The summed E-state index contributed by atoms with van der Waals surface area (Å²) in [7, 11) is 0. The Kier molecular flexibility index (Phi) is 5.58. The molecule has 0 bridgehead atoms. The van der Waals surface area contributed by atoms with E-state index in [-0.39, 0.29) is 42.7 Å². The predicted molar refractivity (Wildman–Crippen MR) is 126 cm³/mol. The molecule has 2 aromatic rings. The Morgan fingerprint density at radius 1 is 1.03 bits per heavy atom. The first-order chi connectivity index (χ1) is 16.3. The number of carbonyl (C=O) groups is 3. The molecule has 34 heavy (non-hydrogen) atoms. The van der Waals surface area contributed by atoms with Crippen molar-refractivity contribution in [3.8, 4) is 11.1 Å². The summed E-state index contributed by atoms with van der Waals surface area (Å²) in [5.74, 6) is -0.916. The first-order valence-corrected chi connectivity index (χ1v) is 11.9. The van der Waals surface area contributed by atoms with Gasteiger partial charge >= 0.3 is 12.1 Å². The molecule has 0 radical (unpaired) electrons. The molecule has 3 unspecified atom stereocenters. The SMILES string of the molecule is CC(C)(CNC(=O)OCC1c2ccccc2-c2ccccc21)C(=O)N1CCC2C(C1)C2C(=O)O. The van der Waals surface area contributed by atoms with Crippen LogP contribution >= 0.6 is 0 Å². The Morgan fingerprint density at radius 3 is 2.26 bits per heavy atom. The molecule has 2 N–H and O–H groups in total. The molecule has 3 atom stereocenters. The number of piperidine rings is 1. The summed E-state index contributed by atoms with van der Waals surface area (Å²) >= 11 is 0. The number of nitrogens with one attached hydrogen (secondary N) is 1. The maximum absolute atomic E-state index is 13.1. The first-order valence-electron chi connectivity index (χ1n) is 11.9. The van der Waals surface area contributed by atoms with Crippen LogP contribution in [-0.4, -0.2) is 54.2 Å². The Hall–Kier alpha value is -3.35. The summed E-state index contributed by atoms with van der Waals surface area (Å²) in [6.07, 6.45) is 0.179. The molecule has 3 aliphatic rings. The molecule has 2 aliphatic carbocycles. The van der Waals surface area contributed by atoms with Crippen molar-refractivity contribution in [3.05, 3.63) is 59.7 Å². The van der Waals surface area contributed by atoms with Gasteiger partial charge in [-0.2, -0.15) is 0 Å². The molecular formula is C27H30N2O5. The molecule has 0 aromatic heterocycles. The number of benzene rings is 2. The smallest absolute Gasteiger partial charge is 0.407 e. The highest BCUT2D eigenvalue weighted by Gasteiger charge is 2.58. The number of carboxylic acids is 1. The molecule has 0 spiro atoms. The van der Waals surface area contributed by atoms with Gasteiger partial charge in [0.25, 0.3) is 0 Å². The number of nitrogens with zero attached hydrogens (tertiary/aromatic N) is 1. The van der Waals surface area contributed by atoms with Gasteiger partial charge < -0.3 is 20.1 Å². The summed E-state index contributed by atoms with van der Waals surface area (Å²) in [6, 6.07) is 16.3. The van der Waals surface area contributed by atoms with Gasteiger partial charge in [0.1, 0.15) is 6.61 Å². The number of aliphatic carboxylic acids is 1. The third kappa shape index (κ3) is 3.93. The van der Waals surface area contributed by atoms with E-state index in [0.29, 0.717) is 13.1 Å². The zero-order valence-electron chi connectivity index (χ0n) is 19.5. The molecule has 7 nitrogen and oxygen atoms in total. The lowest BCUT2D eigenvalue weighted by Crippen LogP contribution is -2.49. The number of likely N-dealkylation sites (tertiary alicyclic amines) is 1. The number of carboxylic acid groups (broad SMARTS) is 1. The van der Waals surface area contributed by atoms with E-state index in [0.717, 1.165) is 17.5 Å². The number of alkyl carbamates (subject to hydrolysis) is 1. The zero-order valence-corrected chi connectivity index (χ0v) is 19.5. The van der Waals surface area contributed by atoms with E-state index in [1.54, 1.807) is 18.7 Å². The van der Waals surface area contributed by atoms with Crippen LogP contribution in [0.3, 0.4) is 0 Å². The van der Waals surface area contributed by atoms with Crippen molar-refractivity contribution in [2.75, 3.05) is 26.2 Å². The van der Waals surface area contributed by atoms with Gasteiger partial charge in [0, 0.05) is 25.6 Å². The first kappa shape index (κ1) is 22.4.